The summed E-state index contributed by atoms with van der Waals surface area (Å²) in [5, 5.41) is 0.781. The molecule has 1 heterocycles. The number of carbonyl (C=O) groups excluding carboxylic acids is 2. The standard InChI is InChI=1S/C27H31N3O5/c1-17(26(28)31)27(32)30(18-7-5-4-6-8-18)19-9-11-20(12-10-19)35-23-13-14-29-22-16-25(34-3)24(33-2)15-21(22)23/h9-18H,4-8H2,1-3H3,(H2,28,31). The van der Waals surface area contributed by atoms with E-state index in [1.807, 2.05) is 30.3 Å². The number of ether oxygens (including phenoxy) is 3. The van der Waals surface area contributed by atoms with E-state index < -0.39 is 11.8 Å². The summed E-state index contributed by atoms with van der Waals surface area (Å²) in [5.74, 6) is 0.626. The molecule has 1 saturated carbocycles. The molecule has 35 heavy (non-hydrogen) atoms. The molecule has 1 fully saturated rings. The number of benzene rings is 2. The van der Waals surface area contributed by atoms with Gasteiger partial charge in [0.1, 0.15) is 17.4 Å². The highest BCUT2D eigenvalue weighted by Gasteiger charge is 2.32. The molecule has 4 rings (SSSR count). The summed E-state index contributed by atoms with van der Waals surface area (Å²) in [6, 6.07) is 12.8. The van der Waals surface area contributed by atoms with Gasteiger partial charge >= 0.3 is 0 Å². The summed E-state index contributed by atoms with van der Waals surface area (Å²) in [7, 11) is 3.16. The fraction of sp³-hybridized carbons (Fsp3) is 0.370. The van der Waals surface area contributed by atoms with Crippen LogP contribution in [0.1, 0.15) is 39.0 Å². The van der Waals surface area contributed by atoms with E-state index in [4.69, 9.17) is 19.9 Å². The fourth-order valence-electron chi connectivity index (χ4n) is 4.53. The number of rotatable bonds is 8. The molecule has 3 aromatic rings. The van der Waals surface area contributed by atoms with E-state index in [1.54, 1.807) is 44.4 Å². The van der Waals surface area contributed by atoms with Gasteiger partial charge in [0.15, 0.2) is 11.5 Å². The van der Waals surface area contributed by atoms with E-state index in [0.717, 1.165) is 43.2 Å². The van der Waals surface area contributed by atoms with Gasteiger partial charge in [-0.05, 0) is 56.2 Å². The Bertz CT molecular complexity index is 1210. The number of nitrogens with two attached hydrogens (primary N) is 1. The van der Waals surface area contributed by atoms with Crippen molar-refractivity contribution in [2.24, 2.45) is 11.7 Å². The van der Waals surface area contributed by atoms with E-state index in [9.17, 15) is 9.59 Å². The van der Waals surface area contributed by atoms with Crippen LogP contribution in [0, 0.1) is 5.92 Å². The van der Waals surface area contributed by atoms with E-state index in [1.165, 1.54) is 0 Å². The summed E-state index contributed by atoms with van der Waals surface area (Å²) < 4.78 is 17.0. The number of amides is 2. The summed E-state index contributed by atoms with van der Waals surface area (Å²) in [6.07, 6.45) is 6.77. The van der Waals surface area contributed by atoms with Crippen LogP contribution in [0.15, 0.2) is 48.7 Å². The Hall–Kier alpha value is -3.81. The lowest BCUT2D eigenvalue weighted by atomic mass is 9.92. The summed E-state index contributed by atoms with van der Waals surface area (Å²) in [5.41, 5.74) is 6.89. The van der Waals surface area contributed by atoms with E-state index in [-0.39, 0.29) is 11.9 Å². The molecule has 2 amide bonds. The monoisotopic (exact) mass is 477 g/mol. The number of hydrogen-bond donors (Lipinski definition) is 1. The highest BCUT2D eigenvalue weighted by atomic mass is 16.5. The third-order valence-electron chi connectivity index (χ3n) is 6.52. The largest absolute Gasteiger partial charge is 0.493 e. The first-order chi connectivity index (χ1) is 16.9. The van der Waals surface area contributed by atoms with Gasteiger partial charge in [0.2, 0.25) is 11.8 Å². The minimum atomic E-state index is -0.886. The minimum Gasteiger partial charge on any atom is -0.493 e. The van der Waals surface area contributed by atoms with Gasteiger partial charge in [0.25, 0.3) is 0 Å². The molecule has 2 N–H and O–H groups in total. The zero-order valence-electron chi connectivity index (χ0n) is 20.3. The van der Waals surface area contributed by atoms with Gasteiger partial charge in [-0.15, -0.1) is 0 Å². The van der Waals surface area contributed by atoms with Crippen molar-refractivity contribution in [2.75, 3.05) is 19.1 Å². The Morgan fingerprint density at radius 2 is 1.63 bits per heavy atom. The number of primary amides is 1. The zero-order chi connectivity index (χ0) is 24.9. The van der Waals surface area contributed by atoms with Gasteiger partial charge in [-0.2, -0.15) is 0 Å². The van der Waals surface area contributed by atoms with Crippen LogP contribution in [0.5, 0.6) is 23.0 Å². The molecular weight excluding hydrogens is 446 g/mol. The third-order valence-corrected chi connectivity index (χ3v) is 6.52. The molecule has 8 heteroatoms. The smallest absolute Gasteiger partial charge is 0.239 e. The van der Waals surface area contributed by atoms with E-state index in [0.29, 0.717) is 28.5 Å². The summed E-state index contributed by atoms with van der Waals surface area (Å²) >= 11 is 0. The highest BCUT2D eigenvalue weighted by molar-refractivity contribution is 6.07. The Morgan fingerprint density at radius 3 is 2.26 bits per heavy atom. The Balaban J connectivity index is 1.62. The second-order valence-electron chi connectivity index (χ2n) is 8.75. The number of carbonyl (C=O) groups is 2. The first kappa shape index (κ1) is 24.3. The van der Waals surface area contributed by atoms with Crippen molar-refractivity contribution < 1.29 is 23.8 Å². The number of fused-ring (bicyclic) bond motifs is 1. The second-order valence-corrected chi connectivity index (χ2v) is 8.75. The molecule has 1 unspecified atom stereocenters. The molecule has 2 aromatic carbocycles. The Labute approximate surface area is 205 Å². The van der Waals surface area contributed by atoms with Crippen LogP contribution in [-0.4, -0.2) is 37.1 Å². The number of aromatic nitrogens is 1. The molecule has 1 aromatic heterocycles. The Kier molecular flexibility index (Phi) is 7.39. The first-order valence-electron chi connectivity index (χ1n) is 11.8. The van der Waals surface area contributed by atoms with Crippen LogP contribution < -0.4 is 24.8 Å². The quantitative estimate of drug-likeness (QED) is 0.466. The maximum Gasteiger partial charge on any atom is 0.239 e. The lowest BCUT2D eigenvalue weighted by molar-refractivity contribution is -0.131. The molecule has 8 nitrogen and oxygen atoms in total. The van der Waals surface area contributed by atoms with E-state index >= 15 is 0 Å². The number of hydrogen-bond acceptors (Lipinski definition) is 6. The van der Waals surface area contributed by atoms with Gasteiger partial charge in [0.05, 0.1) is 19.7 Å². The van der Waals surface area contributed by atoms with Crippen LogP contribution in [-0.2, 0) is 9.59 Å². The minimum absolute atomic E-state index is 0.0522. The molecule has 184 valence electrons. The maximum absolute atomic E-state index is 13.2. The number of pyridine rings is 1. The lowest BCUT2D eigenvalue weighted by Gasteiger charge is -2.35. The van der Waals surface area contributed by atoms with Crippen molar-refractivity contribution in [3.63, 3.8) is 0 Å². The van der Waals surface area contributed by atoms with Crippen molar-refractivity contribution in [1.82, 2.24) is 4.98 Å². The predicted octanol–water partition coefficient (Wildman–Crippen LogP) is 4.83. The number of nitrogens with zero attached hydrogens (tertiary/aromatic N) is 2. The van der Waals surface area contributed by atoms with Crippen molar-refractivity contribution >= 4 is 28.4 Å². The SMILES string of the molecule is COc1cc2nccc(Oc3ccc(N(C(=O)C(C)C(N)=O)C4CCCCC4)cc3)c2cc1OC. The highest BCUT2D eigenvalue weighted by Crippen LogP contribution is 2.37. The topological polar surface area (TPSA) is 104 Å². The zero-order valence-corrected chi connectivity index (χ0v) is 20.3. The average Bonchev–Trinajstić information content (AvgIpc) is 2.89. The maximum atomic E-state index is 13.2. The van der Waals surface area contributed by atoms with Gasteiger partial charge in [-0.25, -0.2) is 0 Å². The van der Waals surface area contributed by atoms with E-state index in [2.05, 4.69) is 4.98 Å². The van der Waals surface area contributed by atoms with Crippen molar-refractivity contribution in [2.45, 2.75) is 45.1 Å². The van der Waals surface area contributed by atoms with Crippen LogP contribution in [0.3, 0.4) is 0 Å². The van der Waals surface area contributed by atoms with Gasteiger partial charge in [-0.3, -0.25) is 14.6 Å². The van der Waals surface area contributed by atoms with Crippen molar-refractivity contribution in [3.05, 3.63) is 48.7 Å². The summed E-state index contributed by atoms with van der Waals surface area (Å²) in [6.45, 7) is 1.57. The molecule has 0 saturated heterocycles. The van der Waals surface area contributed by atoms with Gasteiger partial charge in [0, 0.05) is 29.4 Å². The predicted molar refractivity (Wildman–Crippen MR) is 134 cm³/mol. The number of methoxy groups -OCH3 is 2. The molecule has 1 aliphatic rings. The van der Waals surface area contributed by atoms with Crippen molar-refractivity contribution in [1.29, 1.82) is 0 Å². The summed E-state index contributed by atoms with van der Waals surface area (Å²) in [4.78, 5) is 31.1. The van der Waals surface area contributed by atoms with Gasteiger partial charge in [-0.1, -0.05) is 19.3 Å². The first-order valence-corrected chi connectivity index (χ1v) is 11.8. The number of anilines is 1. The Morgan fingerprint density at radius 1 is 0.971 bits per heavy atom. The average molecular weight is 478 g/mol. The van der Waals surface area contributed by atoms with Crippen LogP contribution in [0.4, 0.5) is 5.69 Å². The van der Waals surface area contributed by atoms with Crippen LogP contribution >= 0.6 is 0 Å². The lowest BCUT2D eigenvalue weighted by Crippen LogP contribution is -2.47. The van der Waals surface area contributed by atoms with Crippen LogP contribution in [0.2, 0.25) is 0 Å². The molecule has 0 bridgehead atoms. The van der Waals surface area contributed by atoms with Crippen LogP contribution in [0.25, 0.3) is 10.9 Å². The normalized spacial score (nSPS) is 14.8. The van der Waals surface area contributed by atoms with Gasteiger partial charge < -0.3 is 24.8 Å². The third kappa shape index (κ3) is 5.16. The molecule has 1 aliphatic carbocycles. The molecule has 0 aliphatic heterocycles. The fourth-order valence-corrected chi connectivity index (χ4v) is 4.53. The molecular formula is C27H31N3O5. The molecule has 0 radical (unpaired) electrons. The van der Waals surface area contributed by atoms with Crippen molar-refractivity contribution in [3.8, 4) is 23.0 Å². The molecule has 0 spiro atoms. The molecule has 1 atom stereocenters. The second kappa shape index (κ2) is 10.6.